The predicted octanol–water partition coefficient (Wildman–Crippen LogP) is -1.65. The minimum absolute atomic E-state index is 0.106. The molecule has 4 N–H and O–H groups in total. The summed E-state index contributed by atoms with van der Waals surface area (Å²) in [5.74, 6) is 2.61. The second kappa shape index (κ2) is 28.9. The lowest BCUT2D eigenvalue weighted by Crippen LogP contribution is -2.58. The van der Waals surface area contributed by atoms with Gasteiger partial charge in [-0.2, -0.15) is 34.2 Å². The topological polar surface area (TPSA) is 386 Å². The van der Waals surface area contributed by atoms with Gasteiger partial charge in [-0.05, 0) is 35.4 Å². The molecule has 32 nitrogen and oxygen atoms in total. The lowest BCUT2D eigenvalue weighted by molar-refractivity contribution is -0.910. The number of piperazine rings is 4. The Bertz CT molecular complexity index is 3180. The van der Waals surface area contributed by atoms with Gasteiger partial charge in [-0.3, -0.25) is 13.4 Å². The maximum atomic E-state index is 12.9. The second-order valence-electron chi connectivity index (χ2n) is 22.2. The van der Waals surface area contributed by atoms with Gasteiger partial charge in [0.15, 0.2) is 0 Å². The summed E-state index contributed by atoms with van der Waals surface area (Å²) in [5.41, 5.74) is 1.48. The quantitative estimate of drug-likeness (QED) is 0.0146. The third-order valence-corrected chi connectivity index (χ3v) is 17.4. The fourth-order valence-corrected chi connectivity index (χ4v) is 10.5. The van der Waals surface area contributed by atoms with E-state index in [1.54, 1.807) is 30.3 Å². The summed E-state index contributed by atoms with van der Waals surface area (Å²) >= 11 is 0.655. The first kappa shape index (κ1) is 67.8. The van der Waals surface area contributed by atoms with Gasteiger partial charge in [0, 0.05) is 16.3 Å². The number of likely N-dealkylation sites (N-methyl/N-ethyl adjacent to an activating group) is 4. The number of aliphatic hydroxyl groups is 2. The number of rotatable bonds is 20. The third kappa shape index (κ3) is 20.7. The zero-order chi connectivity index (χ0) is 61.7. The number of hydrogen-bond acceptors (Lipinski definition) is 29. The molecular formula is C48H76N16O16S4. The van der Waals surface area contributed by atoms with Crippen molar-refractivity contribution < 1.29 is 90.1 Å². The van der Waals surface area contributed by atoms with E-state index < -0.39 is 35.8 Å². The summed E-state index contributed by atoms with van der Waals surface area (Å²) in [4.78, 5) is 37.6. The number of anilines is 8. The molecule has 8 rings (SSSR count). The van der Waals surface area contributed by atoms with Crippen LogP contribution in [0.1, 0.15) is 11.1 Å². The predicted molar refractivity (Wildman–Crippen MR) is 306 cm³/mol. The number of quaternary nitrogens is 4. The number of nitrogens with zero attached hydrogens (tertiary/aromatic N) is 14. The Morgan fingerprint density at radius 2 is 0.881 bits per heavy atom. The molecule has 468 valence electrons. The number of benzene rings is 2. The van der Waals surface area contributed by atoms with Gasteiger partial charge in [0.2, 0.25) is 56.5 Å². The van der Waals surface area contributed by atoms with Crippen molar-refractivity contribution in [1.29, 1.82) is 0 Å². The van der Waals surface area contributed by atoms with E-state index in [1.807, 2.05) is 0 Å². The summed E-state index contributed by atoms with van der Waals surface area (Å²) in [6.07, 6.45) is 3.11. The Morgan fingerprint density at radius 3 is 1.21 bits per heavy atom. The molecule has 4 fully saturated rings. The highest BCUT2D eigenvalue weighted by atomic mass is 32.3. The molecule has 0 amide bonds. The van der Waals surface area contributed by atoms with Gasteiger partial charge in [0.05, 0.1) is 191 Å². The molecule has 0 unspecified atom stereocenters. The molecule has 84 heavy (non-hydrogen) atoms. The molecule has 4 aliphatic heterocycles. The zero-order valence-corrected chi connectivity index (χ0v) is 51.5. The van der Waals surface area contributed by atoms with Crippen molar-refractivity contribution in [3.63, 3.8) is 0 Å². The highest BCUT2D eigenvalue weighted by Crippen LogP contribution is 2.33. The molecular weight excluding hydrogens is 1180 g/mol. The first-order chi connectivity index (χ1) is 39.4. The lowest BCUT2D eigenvalue weighted by Gasteiger charge is -2.42. The van der Waals surface area contributed by atoms with E-state index in [9.17, 15) is 54.4 Å². The van der Waals surface area contributed by atoms with E-state index in [2.05, 4.69) is 85.9 Å². The van der Waals surface area contributed by atoms with Crippen molar-refractivity contribution >= 4 is 102 Å². The summed E-state index contributed by atoms with van der Waals surface area (Å²) < 4.78 is 109. The van der Waals surface area contributed by atoms with Crippen molar-refractivity contribution in [2.45, 2.75) is 9.79 Å². The van der Waals surface area contributed by atoms with Crippen LogP contribution in [-0.2, 0) is 48.7 Å². The molecule has 0 atom stereocenters. The standard InChI is InChI=1S/C46H70N16O8S2.2CH4O4S/c1-59(2)21-13-55(14-22-59)43-49-41(50-45(53-43)57-17-25-61(5,26-18-57)29-31-63)47-37-11-9-35(39(33-37)71-70-69-65)7-8-36-10-12-38(34-40(36)72(66,67)68)48-42-51-44(56-15-23-60(3,4)24-16-56)54-46(52-42)58-19-27-62(6,28-20-58)30-32-64;2*1-5-6(2,3)4/h7-12,33-34,63-64H,13-32H2,1-6H3,(H2-2,47,48,49,50,51,52,53,54,65,66,67,68);2*1H3,(H,2,3,4)/q+2;;/p-2/b8-7+;;. The lowest BCUT2D eigenvalue weighted by atomic mass is 10.1. The molecule has 4 saturated heterocycles. The first-order valence-electron chi connectivity index (χ1n) is 26.5. The van der Waals surface area contributed by atoms with E-state index in [-0.39, 0.29) is 30.4 Å². The Labute approximate surface area is 495 Å². The SMILES string of the molecule is COS(=O)(=O)[O-].COS(=O)(=O)[O-].C[N+]1(C)CCN(c2nc(Nc3ccc(/C=C/c4ccc(Nc5nc(N6CC[N+](C)(C)CC6)nc(N6CC[N+](C)(CCO)CC6)n5)cc4S(=O)(=O)[O-])c(SOO[O-])c3)nc(N3CC[N+](C)(CCO)CC3)n2)CC1. The largest absolute Gasteiger partial charge is 0.744 e. The highest BCUT2D eigenvalue weighted by molar-refractivity contribution is 7.94. The summed E-state index contributed by atoms with van der Waals surface area (Å²) in [5, 5.41) is 40.6. The van der Waals surface area contributed by atoms with E-state index >= 15 is 0 Å². The number of hydrogen-bond donors (Lipinski definition) is 4. The van der Waals surface area contributed by atoms with Crippen LogP contribution in [0.3, 0.4) is 0 Å². The average molecular weight is 1260 g/mol. The molecule has 0 spiro atoms. The van der Waals surface area contributed by atoms with Crippen molar-refractivity contribution in [2.24, 2.45) is 0 Å². The molecule has 4 aromatic rings. The third-order valence-electron chi connectivity index (χ3n) is 15.0. The molecule has 0 radical (unpaired) electrons. The van der Waals surface area contributed by atoms with Crippen molar-refractivity contribution in [2.75, 3.05) is 218 Å². The van der Waals surface area contributed by atoms with Crippen molar-refractivity contribution in [1.82, 2.24) is 29.9 Å². The van der Waals surface area contributed by atoms with Crippen LogP contribution in [0.2, 0.25) is 0 Å². The normalized spacial score (nSPS) is 18.8. The monoisotopic (exact) mass is 1260 g/mol. The summed E-state index contributed by atoms with van der Waals surface area (Å²) in [6, 6.07) is 9.66. The second-order valence-corrected chi connectivity index (χ2v) is 26.6. The van der Waals surface area contributed by atoms with Crippen LogP contribution < -0.4 is 35.5 Å². The summed E-state index contributed by atoms with van der Waals surface area (Å²) in [6.45, 7) is 14.2. The molecule has 4 aliphatic rings. The number of aromatic nitrogens is 6. The Hall–Kier alpha value is -5.36. The van der Waals surface area contributed by atoms with Crippen LogP contribution in [0.4, 0.5) is 47.1 Å². The minimum atomic E-state index is -5.00. The van der Waals surface area contributed by atoms with E-state index in [1.165, 1.54) is 18.2 Å². The molecule has 0 aliphatic carbocycles. The molecule has 0 saturated carbocycles. The fraction of sp³-hybridized carbons (Fsp3) is 0.583. The van der Waals surface area contributed by atoms with Crippen LogP contribution in [0.5, 0.6) is 0 Å². The van der Waals surface area contributed by atoms with Crippen LogP contribution in [0, 0.1) is 0 Å². The number of nitrogens with one attached hydrogen (secondary N) is 2. The van der Waals surface area contributed by atoms with Gasteiger partial charge in [-0.25, -0.2) is 25.3 Å². The minimum Gasteiger partial charge on any atom is -0.744 e. The van der Waals surface area contributed by atoms with Crippen LogP contribution in [0.25, 0.3) is 12.2 Å². The molecule has 6 heterocycles. The van der Waals surface area contributed by atoms with Gasteiger partial charge < -0.3 is 77.3 Å². The first-order valence-corrected chi connectivity index (χ1v) is 31.3. The van der Waals surface area contributed by atoms with Gasteiger partial charge in [0.25, 0.3) is 0 Å². The molecule has 2 aromatic heterocycles. The maximum Gasteiger partial charge on any atom is 0.233 e. The zero-order valence-electron chi connectivity index (χ0n) is 48.3. The van der Waals surface area contributed by atoms with Crippen LogP contribution >= 0.6 is 12.0 Å². The average Bonchev–Trinajstić information content (AvgIpc) is 2.28. The summed E-state index contributed by atoms with van der Waals surface area (Å²) in [7, 11) is 0.857. The molecule has 0 bridgehead atoms. The smallest absolute Gasteiger partial charge is 0.233 e. The van der Waals surface area contributed by atoms with Crippen molar-refractivity contribution in [3.05, 3.63) is 47.5 Å². The highest BCUT2D eigenvalue weighted by Gasteiger charge is 2.34. The Balaban J connectivity index is 0.000000853. The van der Waals surface area contributed by atoms with Gasteiger partial charge in [0.1, 0.15) is 23.2 Å². The van der Waals surface area contributed by atoms with Gasteiger partial charge in [-0.15, -0.1) is 0 Å². The number of aliphatic hydroxyl groups excluding tert-OH is 2. The van der Waals surface area contributed by atoms with Crippen LogP contribution in [-0.4, -0.2) is 284 Å². The Morgan fingerprint density at radius 1 is 0.548 bits per heavy atom. The van der Waals surface area contributed by atoms with Crippen LogP contribution in [0.15, 0.2) is 46.2 Å². The van der Waals surface area contributed by atoms with Crippen molar-refractivity contribution in [3.8, 4) is 0 Å². The molecule has 36 heteroatoms. The van der Waals surface area contributed by atoms with Gasteiger partial charge in [-0.1, -0.05) is 24.3 Å². The maximum absolute atomic E-state index is 12.9. The van der Waals surface area contributed by atoms with E-state index in [0.717, 1.165) is 111 Å². The Kier molecular flexibility index (Phi) is 23.3. The van der Waals surface area contributed by atoms with E-state index in [0.29, 0.717) is 97.2 Å². The van der Waals surface area contributed by atoms with E-state index in [4.69, 9.17) is 34.2 Å². The fourth-order valence-electron chi connectivity index (χ4n) is 9.30. The molecule has 2 aromatic carbocycles. The van der Waals surface area contributed by atoms with Gasteiger partial charge >= 0.3 is 0 Å².